The summed E-state index contributed by atoms with van der Waals surface area (Å²) in [7, 11) is 0. The molecule has 1 aromatic heterocycles. The van der Waals surface area contributed by atoms with Crippen molar-refractivity contribution >= 4 is 0 Å². The molecule has 0 N–H and O–H groups in total. The molecular weight excluding hydrogens is 293 g/mol. The van der Waals surface area contributed by atoms with Crippen LogP contribution in [-0.4, -0.2) is 40.7 Å². The zero-order valence-corrected chi connectivity index (χ0v) is 13.3. The summed E-state index contributed by atoms with van der Waals surface area (Å²) in [6.07, 6.45) is 2.02. The van der Waals surface area contributed by atoms with Crippen LogP contribution in [0.4, 0.5) is 4.39 Å². The highest BCUT2D eigenvalue weighted by Crippen LogP contribution is 2.26. The Bertz CT molecular complexity index is 728. The van der Waals surface area contributed by atoms with Crippen LogP contribution in [0, 0.1) is 12.7 Å². The van der Waals surface area contributed by atoms with Crippen LogP contribution < -0.4 is 0 Å². The average molecular weight is 313 g/mol. The first kappa shape index (κ1) is 14.7. The van der Waals surface area contributed by atoms with Crippen molar-refractivity contribution in [2.45, 2.75) is 32.4 Å². The lowest BCUT2D eigenvalue weighted by Crippen LogP contribution is -2.40. The SMILES string of the molecule is Cc1nc(-c2cccc(F)c2)nc2c1CN([C@H]1CCOC1)CC2. The van der Waals surface area contributed by atoms with Gasteiger partial charge in [0.1, 0.15) is 5.82 Å². The minimum absolute atomic E-state index is 0.256. The molecule has 0 aliphatic carbocycles. The minimum atomic E-state index is -0.256. The van der Waals surface area contributed by atoms with Gasteiger partial charge >= 0.3 is 0 Å². The van der Waals surface area contributed by atoms with Crippen molar-refractivity contribution in [3.05, 3.63) is 47.0 Å². The molecule has 0 bridgehead atoms. The third kappa shape index (κ3) is 2.86. The summed E-state index contributed by atoms with van der Waals surface area (Å²) in [5.74, 6) is 0.368. The summed E-state index contributed by atoms with van der Waals surface area (Å²) >= 11 is 0. The summed E-state index contributed by atoms with van der Waals surface area (Å²) in [5, 5.41) is 0. The van der Waals surface area contributed by atoms with Crippen LogP contribution in [0.25, 0.3) is 11.4 Å². The molecule has 1 saturated heterocycles. The van der Waals surface area contributed by atoms with Crippen LogP contribution in [0.1, 0.15) is 23.4 Å². The molecule has 0 unspecified atom stereocenters. The van der Waals surface area contributed by atoms with Crippen molar-refractivity contribution in [2.75, 3.05) is 19.8 Å². The largest absolute Gasteiger partial charge is 0.380 e. The van der Waals surface area contributed by atoms with Crippen molar-refractivity contribution in [3.63, 3.8) is 0 Å². The highest BCUT2D eigenvalue weighted by atomic mass is 19.1. The molecule has 4 rings (SSSR count). The number of aryl methyl sites for hydroxylation is 1. The normalized spacial score (nSPS) is 21.4. The van der Waals surface area contributed by atoms with E-state index in [0.717, 1.165) is 56.1 Å². The average Bonchev–Trinajstić information content (AvgIpc) is 3.09. The second kappa shape index (κ2) is 5.98. The fourth-order valence-electron chi connectivity index (χ4n) is 3.48. The van der Waals surface area contributed by atoms with Gasteiger partial charge in [-0.3, -0.25) is 4.90 Å². The highest BCUT2D eigenvalue weighted by Gasteiger charge is 2.28. The number of aromatic nitrogens is 2. The Kier molecular flexibility index (Phi) is 3.83. The molecule has 0 spiro atoms. The molecule has 1 aromatic carbocycles. The monoisotopic (exact) mass is 313 g/mol. The van der Waals surface area contributed by atoms with E-state index in [1.165, 1.54) is 17.7 Å². The first-order chi connectivity index (χ1) is 11.2. The predicted molar refractivity (Wildman–Crippen MR) is 85.5 cm³/mol. The van der Waals surface area contributed by atoms with E-state index in [0.29, 0.717) is 11.9 Å². The molecule has 0 radical (unpaired) electrons. The Morgan fingerprint density at radius 3 is 3.00 bits per heavy atom. The van der Waals surface area contributed by atoms with E-state index in [4.69, 9.17) is 9.72 Å². The van der Waals surface area contributed by atoms with Crippen LogP contribution in [0.2, 0.25) is 0 Å². The van der Waals surface area contributed by atoms with Gasteiger partial charge in [0.15, 0.2) is 5.82 Å². The molecule has 5 heteroatoms. The third-order valence-electron chi connectivity index (χ3n) is 4.80. The molecule has 1 atom stereocenters. The Labute approximate surface area is 135 Å². The van der Waals surface area contributed by atoms with Gasteiger partial charge in [0, 0.05) is 49.0 Å². The van der Waals surface area contributed by atoms with E-state index >= 15 is 0 Å². The number of ether oxygens (including phenoxy) is 1. The van der Waals surface area contributed by atoms with Gasteiger partial charge < -0.3 is 4.74 Å². The molecule has 2 aliphatic rings. The second-order valence-electron chi connectivity index (χ2n) is 6.31. The van der Waals surface area contributed by atoms with Gasteiger partial charge in [-0.05, 0) is 25.5 Å². The Hall–Kier alpha value is -1.85. The number of halogens is 1. The maximum absolute atomic E-state index is 13.4. The Morgan fingerprint density at radius 1 is 1.30 bits per heavy atom. The zero-order valence-electron chi connectivity index (χ0n) is 13.3. The third-order valence-corrected chi connectivity index (χ3v) is 4.80. The van der Waals surface area contributed by atoms with Crippen molar-refractivity contribution in [3.8, 4) is 11.4 Å². The van der Waals surface area contributed by atoms with E-state index < -0.39 is 0 Å². The zero-order chi connectivity index (χ0) is 15.8. The Morgan fingerprint density at radius 2 is 2.22 bits per heavy atom. The van der Waals surface area contributed by atoms with E-state index in [-0.39, 0.29) is 5.82 Å². The lowest BCUT2D eigenvalue weighted by atomic mass is 10.0. The maximum atomic E-state index is 13.4. The molecule has 2 aromatic rings. The first-order valence-corrected chi connectivity index (χ1v) is 8.15. The molecule has 0 saturated carbocycles. The summed E-state index contributed by atoms with van der Waals surface area (Å²) < 4.78 is 19.0. The van der Waals surface area contributed by atoms with Gasteiger partial charge in [0.05, 0.1) is 12.3 Å². The fourth-order valence-corrected chi connectivity index (χ4v) is 3.48. The van der Waals surface area contributed by atoms with Crippen molar-refractivity contribution < 1.29 is 9.13 Å². The summed E-state index contributed by atoms with van der Waals surface area (Å²) in [6, 6.07) is 7.01. The molecule has 120 valence electrons. The molecule has 3 heterocycles. The van der Waals surface area contributed by atoms with Crippen molar-refractivity contribution in [2.24, 2.45) is 0 Å². The molecular formula is C18H20FN3O. The van der Waals surface area contributed by atoms with Gasteiger partial charge in [-0.2, -0.15) is 0 Å². The minimum Gasteiger partial charge on any atom is -0.380 e. The van der Waals surface area contributed by atoms with Gasteiger partial charge in [0.2, 0.25) is 0 Å². The van der Waals surface area contributed by atoms with Crippen LogP contribution in [0.5, 0.6) is 0 Å². The van der Waals surface area contributed by atoms with Crippen LogP contribution in [-0.2, 0) is 17.7 Å². The lowest BCUT2D eigenvalue weighted by Gasteiger charge is -2.33. The quantitative estimate of drug-likeness (QED) is 0.854. The number of benzene rings is 1. The summed E-state index contributed by atoms with van der Waals surface area (Å²) in [5.41, 5.74) is 4.07. The van der Waals surface area contributed by atoms with Crippen molar-refractivity contribution in [1.29, 1.82) is 0 Å². The van der Waals surface area contributed by atoms with Crippen LogP contribution in [0.15, 0.2) is 24.3 Å². The predicted octanol–water partition coefficient (Wildman–Crippen LogP) is 2.74. The molecule has 2 aliphatic heterocycles. The summed E-state index contributed by atoms with van der Waals surface area (Å²) in [6.45, 7) is 5.61. The maximum Gasteiger partial charge on any atom is 0.159 e. The van der Waals surface area contributed by atoms with Gasteiger partial charge in [0.25, 0.3) is 0 Å². The molecule has 1 fully saturated rings. The number of rotatable bonds is 2. The first-order valence-electron chi connectivity index (χ1n) is 8.15. The molecule has 0 amide bonds. The fraction of sp³-hybridized carbons (Fsp3) is 0.444. The lowest BCUT2D eigenvalue weighted by molar-refractivity contribution is 0.134. The Balaban J connectivity index is 1.64. The standard InChI is InChI=1S/C18H20FN3O/c1-12-16-10-22(15-6-8-23-11-15)7-5-17(16)21-18(20-12)13-3-2-4-14(19)9-13/h2-4,9,15H,5-8,10-11H2,1H3/t15-/m0/s1. The number of nitrogens with zero attached hydrogens (tertiary/aromatic N) is 3. The number of hydrogen-bond acceptors (Lipinski definition) is 4. The van der Waals surface area contributed by atoms with Crippen LogP contribution in [0.3, 0.4) is 0 Å². The molecule has 4 nitrogen and oxygen atoms in total. The van der Waals surface area contributed by atoms with Gasteiger partial charge in [-0.15, -0.1) is 0 Å². The highest BCUT2D eigenvalue weighted by molar-refractivity contribution is 5.56. The van der Waals surface area contributed by atoms with E-state index in [2.05, 4.69) is 9.88 Å². The number of fused-ring (bicyclic) bond motifs is 1. The van der Waals surface area contributed by atoms with Crippen LogP contribution >= 0.6 is 0 Å². The van der Waals surface area contributed by atoms with E-state index in [1.54, 1.807) is 6.07 Å². The van der Waals surface area contributed by atoms with E-state index in [1.807, 2.05) is 13.0 Å². The summed E-state index contributed by atoms with van der Waals surface area (Å²) in [4.78, 5) is 11.8. The van der Waals surface area contributed by atoms with E-state index in [9.17, 15) is 4.39 Å². The second-order valence-corrected chi connectivity index (χ2v) is 6.31. The topological polar surface area (TPSA) is 38.2 Å². The smallest absolute Gasteiger partial charge is 0.159 e. The van der Waals surface area contributed by atoms with Gasteiger partial charge in [-0.25, -0.2) is 14.4 Å². The van der Waals surface area contributed by atoms with Gasteiger partial charge in [-0.1, -0.05) is 12.1 Å². The number of hydrogen-bond donors (Lipinski definition) is 0. The molecule has 23 heavy (non-hydrogen) atoms. The van der Waals surface area contributed by atoms with Crippen molar-refractivity contribution in [1.82, 2.24) is 14.9 Å².